The average Bonchev–Trinajstić information content (AvgIpc) is 2.66. The minimum absolute atomic E-state index is 0.0505. The fourth-order valence-electron chi connectivity index (χ4n) is 4.55. The van der Waals surface area contributed by atoms with Crippen LogP contribution in [0.15, 0.2) is 18.2 Å². The van der Waals surface area contributed by atoms with Gasteiger partial charge in [-0.1, -0.05) is 6.07 Å². The molecule has 2 atom stereocenters. The number of amides is 2. The van der Waals surface area contributed by atoms with Crippen molar-refractivity contribution in [2.45, 2.75) is 38.0 Å². The number of hydrogen-bond donors (Lipinski definition) is 0. The lowest BCUT2D eigenvalue weighted by Crippen LogP contribution is -2.58. The van der Waals surface area contributed by atoms with Crippen molar-refractivity contribution in [2.75, 3.05) is 32.8 Å². The van der Waals surface area contributed by atoms with Gasteiger partial charge in [-0.15, -0.1) is 0 Å². The van der Waals surface area contributed by atoms with Crippen molar-refractivity contribution < 1.29 is 31.9 Å². The Labute approximate surface area is 172 Å². The number of hydrogen-bond acceptors (Lipinski definition) is 3. The van der Waals surface area contributed by atoms with Gasteiger partial charge in [-0.2, -0.15) is 13.2 Å². The Kier molecular flexibility index (Phi) is 5.74. The number of alkyl halides is 3. The topological polar surface area (TPSA) is 49.9 Å². The lowest BCUT2D eigenvalue weighted by Gasteiger charge is -2.46. The molecule has 0 spiro atoms. The van der Waals surface area contributed by atoms with Crippen LogP contribution in [0.4, 0.5) is 22.4 Å². The third-order valence-corrected chi connectivity index (χ3v) is 6.31. The van der Waals surface area contributed by atoms with E-state index in [1.807, 2.05) is 0 Å². The third kappa shape index (κ3) is 4.45. The lowest BCUT2D eigenvalue weighted by molar-refractivity contribution is -0.140. The molecule has 3 heterocycles. The van der Waals surface area contributed by atoms with E-state index in [1.54, 1.807) is 9.80 Å². The van der Waals surface area contributed by atoms with Gasteiger partial charge < -0.3 is 14.5 Å². The summed E-state index contributed by atoms with van der Waals surface area (Å²) >= 11 is 0. The number of Topliss-reactive ketones (excluding diaryl/α,β-unsaturated/α-hetero) is 1. The SMILES string of the molecule is O=C1CO[C@@H]2CCN(C(=O)N3CC(CCc4ccc(C(F)(F)F)cc4F)C3)C[C@H]2C1. The number of nitrogens with zero attached hydrogens (tertiary/aromatic N) is 2. The molecule has 2 amide bonds. The van der Waals surface area contributed by atoms with Gasteiger partial charge >= 0.3 is 12.2 Å². The zero-order chi connectivity index (χ0) is 21.5. The van der Waals surface area contributed by atoms with Gasteiger partial charge in [0.25, 0.3) is 0 Å². The number of likely N-dealkylation sites (tertiary alicyclic amines) is 2. The number of benzene rings is 1. The third-order valence-electron chi connectivity index (χ3n) is 6.31. The maximum Gasteiger partial charge on any atom is 0.416 e. The van der Waals surface area contributed by atoms with Crippen molar-refractivity contribution >= 4 is 11.8 Å². The van der Waals surface area contributed by atoms with Crippen molar-refractivity contribution in [3.8, 4) is 0 Å². The van der Waals surface area contributed by atoms with Gasteiger partial charge in [0.15, 0.2) is 5.78 Å². The molecule has 3 aliphatic heterocycles. The summed E-state index contributed by atoms with van der Waals surface area (Å²) in [6.45, 7) is 2.41. The highest BCUT2D eigenvalue weighted by Crippen LogP contribution is 2.32. The van der Waals surface area contributed by atoms with Crippen LogP contribution in [0.25, 0.3) is 0 Å². The first-order chi connectivity index (χ1) is 14.2. The molecule has 0 aromatic heterocycles. The second kappa shape index (κ2) is 8.17. The highest BCUT2D eigenvalue weighted by molar-refractivity contribution is 5.81. The number of fused-ring (bicyclic) bond motifs is 1. The molecule has 0 radical (unpaired) electrons. The summed E-state index contributed by atoms with van der Waals surface area (Å²) in [4.78, 5) is 27.8. The highest BCUT2D eigenvalue weighted by atomic mass is 19.4. The Morgan fingerprint density at radius 2 is 1.93 bits per heavy atom. The summed E-state index contributed by atoms with van der Waals surface area (Å²) in [7, 11) is 0. The summed E-state index contributed by atoms with van der Waals surface area (Å²) in [6.07, 6.45) is -2.37. The van der Waals surface area contributed by atoms with Gasteiger partial charge in [-0.25, -0.2) is 9.18 Å². The monoisotopic (exact) mass is 428 g/mol. The summed E-state index contributed by atoms with van der Waals surface area (Å²) in [5.41, 5.74) is -0.727. The van der Waals surface area contributed by atoms with E-state index in [2.05, 4.69) is 0 Å². The van der Waals surface area contributed by atoms with Crippen LogP contribution in [-0.2, 0) is 22.1 Å². The quantitative estimate of drug-likeness (QED) is 0.693. The van der Waals surface area contributed by atoms with Crippen LogP contribution >= 0.6 is 0 Å². The van der Waals surface area contributed by atoms with Crippen molar-refractivity contribution in [1.82, 2.24) is 9.80 Å². The Morgan fingerprint density at radius 3 is 2.63 bits per heavy atom. The molecular formula is C21H24F4N2O3. The number of ether oxygens (including phenoxy) is 1. The van der Waals surface area contributed by atoms with E-state index in [9.17, 15) is 27.2 Å². The molecule has 3 aliphatic rings. The average molecular weight is 428 g/mol. The van der Waals surface area contributed by atoms with E-state index in [-0.39, 0.29) is 41.9 Å². The number of halogens is 4. The van der Waals surface area contributed by atoms with E-state index in [1.165, 1.54) is 6.07 Å². The lowest BCUT2D eigenvalue weighted by atomic mass is 9.88. The molecule has 3 saturated heterocycles. The van der Waals surface area contributed by atoms with Gasteiger partial charge in [0.2, 0.25) is 0 Å². The molecular weight excluding hydrogens is 404 g/mol. The smallest absolute Gasteiger partial charge is 0.370 e. The standard InChI is InChI=1S/C21H24F4N2O3/c22-18-8-16(21(23,24)25)4-3-14(18)2-1-13-9-27(10-13)20(29)26-6-5-19-15(11-26)7-17(28)12-30-19/h3-4,8,13,15,19H,1-2,5-7,9-12H2/t15-,19-/m1/s1. The van der Waals surface area contributed by atoms with Crippen molar-refractivity contribution in [1.29, 1.82) is 0 Å². The van der Waals surface area contributed by atoms with E-state index < -0.39 is 17.6 Å². The van der Waals surface area contributed by atoms with Gasteiger partial charge in [-0.05, 0) is 42.9 Å². The first-order valence-corrected chi connectivity index (χ1v) is 10.2. The summed E-state index contributed by atoms with van der Waals surface area (Å²) in [5, 5.41) is 0. The summed E-state index contributed by atoms with van der Waals surface area (Å²) < 4.78 is 57.4. The Hall–Kier alpha value is -2.16. The van der Waals surface area contributed by atoms with E-state index in [0.717, 1.165) is 12.5 Å². The molecule has 0 N–H and O–H groups in total. The molecule has 1 aromatic rings. The van der Waals surface area contributed by atoms with Crippen molar-refractivity contribution in [3.05, 3.63) is 35.1 Å². The predicted octanol–water partition coefficient (Wildman–Crippen LogP) is 3.51. The molecule has 3 fully saturated rings. The molecule has 4 rings (SSSR count). The molecule has 1 aromatic carbocycles. The number of rotatable bonds is 3. The van der Waals surface area contributed by atoms with Crippen LogP contribution < -0.4 is 0 Å². The van der Waals surface area contributed by atoms with Gasteiger partial charge in [0, 0.05) is 38.5 Å². The number of ketones is 1. The second-order valence-electron chi connectivity index (χ2n) is 8.48. The Morgan fingerprint density at radius 1 is 1.17 bits per heavy atom. The Bertz CT molecular complexity index is 823. The number of carbonyl (C=O) groups excluding carboxylic acids is 2. The van der Waals surface area contributed by atoms with Crippen LogP contribution in [0, 0.1) is 17.7 Å². The highest BCUT2D eigenvalue weighted by Gasteiger charge is 2.40. The number of piperidine rings is 1. The Balaban J connectivity index is 1.23. The summed E-state index contributed by atoms with van der Waals surface area (Å²) in [5.74, 6) is -0.509. The molecule has 0 bridgehead atoms. The first-order valence-electron chi connectivity index (χ1n) is 10.2. The zero-order valence-electron chi connectivity index (χ0n) is 16.5. The zero-order valence-corrected chi connectivity index (χ0v) is 16.5. The fraction of sp³-hybridized carbons (Fsp3) is 0.619. The summed E-state index contributed by atoms with van der Waals surface area (Å²) in [6, 6.07) is 2.58. The van der Waals surface area contributed by atoms with Gasteiger partial charge in [0.1, 0.15) is 12.4 Å². The fourth-order valence-corrected chi connectivity index (χ4v) is 4.55. The molecule has 0 unspecified atom stereocenters. The first kappa shape index (κ1) is 21.1. The number of aryl methyl sites for hydroxylation is 1. The van der Waals surface area contributed by atoms with Gasteiger partial charge in [0.05, 0.1) is 11.7 Å². The maximum absolute atomic E-state index is 14.0. The van der Waals surface area contributed by atoms with Crippen molar-refractivity contribution in [2.24, 2.45) is 11.8 Å². The van der Waals surface area contributed by atoms with Crippen LogP contribution in [0.3, 0.4) is 0 Å². The van der Waals surface area contributed by atoms with Crippen LogP contribution in [0.2, 0.25) is 0 Å². The number of carbonyl (C=O) groups is 2. The minimum atomic E-state index is -4.56. The second-order valence-corrected chi connectivity index (χ2v) is 8.48. The van der Waals surface area contributed by atoms with Gasteiger partial charge in [-0.3, -0.25) is 4.79 Å². The molecule has 5 nitrogen and oxygen atoms in total. The van der Waals surface area contributed by atoms with E-state index >= 15 is 0 Å². The van der Waals surface area contributed by atoms with Crippen LogP contribution in [-0.4, -0.2) is 60.5 Å². The molecule has 164 valence electrons. The van der Waals surface area contributed by atoms with E-state index in [4.69, 9.17) is 4.74 Å². The largest absolute Gasteiger partial charge is 0.416 e. The van der Waals surface area contributed by atoms with Crippen LogP contribution in [0.1, 0.15) is 30.4 Å². The van der Waals surface area contributed by atoms with Crippen molar-refractivity contribution in [3.63, 3.8) is 0 Å². The van der Waals surface area contributed by atoms with E-state index in [0.29, 0.717) is 51.5 Å². The normalized spacial score (nSPS) is 25.1. The molecule has 9 heteroatoms. The minimum Gasteiger partial charge on any atom is -0.370 e. The molecule has 0 saturated carbocycles. The van der Waals surface area contributed by atoms with Crippen LogP contribution in [0.5, 0.6) is 0 Å². The molecule has 30 heavy (non-hydrogen) atoms. The molecule has 0 aliphatic carbocycles. The predicted molar refractivity (Wildman–Crippen MR) is 99.2 cm³/mol. The maximum atomic E-state index is 14.0. The number of urea groups is 1.